The lowest BCUT2D eigenvalue weighted by atomic mass is 9.80. The summed E-state index contributed by atoms with van der Waals surface area (Å²) in [6.07, 6.45) is 9.27. The van der Waals surface area contributed by atoms with E-state index in [9.17, 15) is 4.79 Å². The number of hydrogen-bond donors (Lipinski definition) is 2. The van der Waals surface area contributed by atoms with Gasteiger partial charge in [0, 0.05) is 37.5 Å². The number of anilines is 1. The SMILES string of the molecule is CC(=O)NCC1CC(n2cc(-c3ccc4c(c3)OC(c3ccccn3)CC4)c3c(N)ncnc32)C1. The number of aryl methyl sites for hydroxylation is 1. The Balaban J connectivity index is 1.32. The van der Waals surface area contributed by atoms with Crippen molar-refractivity contribution in [2.24, 2.45) is 5.92 Å². The first-order valence-electron chi connectivity index (χ1n) is 12.1. The lowest BCUT2D eigenvalue weighted by Gasteiger charge is -2.36. The van der Waals surface area contributed by atoms with E-state index in [-0.39, 0.29) is 12.0 Å². The maximum atomic E-state index is 11.3. The first kappa shape index (κ1) is 21.6. The molecule has 4 aromatic rings. The Hall–Kier alpha value is -3.94. The van der Waals surface area contributed by atoms with Crippen LogP contribution in [-0.4, -0.2) is 32.0 Å². The van der Waals surface area contributed by atoms with Gasteiger partial charge in [0.2, 0.25) is 5.91 Å². The summed E-state index contributed by atoms with van der Waals surface area (Å²) in [5, 5.41) is 3.80. The quantitative estimate of drug-likeness (QED) is 0.454. The van der Waals surface area contributed by atoms with Gasteiger partial charge in [-0.1, -0.05) is 18.2 Å². The first-order chi connectivity index (χ1) is 17.1. The van der Waals surface area contributed by atoms with Gasteiger partial charge in [0.15, 0.2) is 0 Å². The molecule has 0 spiro atoms. The predicted molar refractivity (Wildman–Crippen MR) is 134 cm³/mol. The highest BCUT2D eigenvalue weighted by Gasteiger charge is 2.32. The number of nitrogens with zero attached hydrogens (tertiary/aromatic N) is 4. The van der Waals surface area contributed by atoms with Crippen LogP contribution in [0.3, 0.4) is 0 Å². The van der Waals surface area contributed by atoms with Crippen LogP contribution in [0.2, 0.25) is 0 Å². The Morgan fingerprint density at radius 1 is 1.20 bits per heavy atom. The van der Waals surface area contributed by atoms with Crippen molar-refractivity contribution in [2.75, 3.05) is 12.3 Å². The third-order valence-electron chi connectivity index (χ3n) is 7.22. The number of benzene rings is 1. The van der Waals surface area contributed by atoms with E-state index in [0.717, 1.165) is 59.3 Å². The molecule has 1 aliphatic heterocycles. The minimum atomic E-state index is -0.0517. The largest absolute Gasteiger partial charge is 0.484 e. The summed E-state index contributed by atoms with van der Waals surface area (Å²) in [5.74, 6) is 1.86. The lowest BCUT2D eigenvalue weighted by Crippen LogP contribution is -2.36. The summed E-state index contributed by atoms with van der Waals surface area (Å²) in [7, 11) is 0. The molecule has 0 radical (unpaired) electrons. The molecule has 8 nitrogen and oxygen atoms in total. The normalized spacial score (nSPS) is 21.1. The fourth-order valence-electron chi connectivity index (χ4n) is 5.30. The summed E-state index contributed by atoms with van der Waals surface area (Å²) >= 11 is 0. The Kier molecular flexibility index (Phi) is 5.36. The van der Waals surface area contributed by atoms with Gasteiger partial charge in [0.25, 0.3) is 0 Å². The summed E-state index contributed by atoms with van der Waals surface area (Å²) in [5.41, 5.74) is 11.4. The number of hydrogen-bond acceptors (Lipinski definition) is 6. The van der Waals surface area contributed by atoms with Gasteiger partial charge in [-0.2, -0.15) is 0 Å². The standard InChI is InChI=1S/C27H28N6O2/c1-16(34)30-13-17-10-20(11-17)33-14-21(25-26(28)31-15-32-27(25)33)19-6-5-18-7-8-23(35-24(18)12-19)22-4-2-3-9-29-22/h2-6,9,12,14-15,17,20,23H,7-8,10-11,13H2,1H3,(H,30,34)(H2,28,31,32). The summed E-state index contributed by atoms with van der Waals surface area (Å²) < 4.78 is 8.63. The zero-order valence-corrected chi connectivity index (χ0v) is 19.6. The number of pyridine rings is 1. The zero-order chi connectivity index (χ0) is 23.9. The van der Waals surface area contributed by atoms with Crippen molar-refractivity contribution in [1.29, 1.82) is 0 Å². The number of carbonyl (C=O) groups is 1. The molecule has 1 amide bonds. The van der Waals surface area contributed by atoms with E-state index in [1.54, 1.807) is 6.92 Å². The Labute approximate surface area is 203 Å². The van der Waals surface area contributed by atoms with Gasteiger partial charge in [0.1, 0.15) is 29.6 Å². The van der Waals surface area contributed by atoms with E-state index < -0.39 is 0 Å². The van der Waals surface area contributed by atoms with Crippen LogP contribution >= 0.6 is 0 Å². The molecule has 3 aromatic heterocycles. The van der Waals surface area contributed by atoms with E-state index in [2.05, 4.69) is 49.2 Å². The highest BCUT2D eigenvalue weighted by atomic mass is 16.5. The molecule has 6 rings (SSSR count). The van der Waals surface area contributed by atoms with Gasteiger partial charge in [-0.25, -0.2) is 9.97 Å². The van der Waals surface area contributed by atoms with Gasteiger partial charge >= 0.3 is 0 Å². The second-order valence-corrected chi connectivity index (χ2v) is 9.56. The number of amides is 1. The molecule has 1 aliphatic carbocycles. The Morgan fingerprint density at radius 2 is 2.09 bits per heavy atom. The van der Waals surface area contributed by atoms with Crippen LogP contribution in [0.5, 0.6) is 5.75 Å². The van der Waals surface area contributed by atoms with Crippen molar-refractivity contribution >= 4 is 22.8 Å². The van der Waals surface area contributed by atoms with Crippen LogP contribution in [-0.2, 0) is 11.2 Å². The monoisotopic (exact) mass is 468 g/mol. The molecule has 1 fully saturated rings. The van der Waals surface area contributed by atoms with Gasteiger partial charge < -0.3 is 20.4 Å². The summed E-state index contributed by atoms with van der Waals surface area (Å²) in [4.78, 5) is 24.6. The van der Waals surface area contributed by atoms with Crippen LogP contribution in [0.25, 0.3) is 22.2 Å². The molecule has 1 atom stereocenters. The second kappa shape index (κ2) is 8.69. The first-order valence-corrected chi connectivity index (χ1v) is 12.1. The molecule has 0 bridgehead atoms. The number of carbonyl (C=O) groups excluding carboxylic acids is 1. The van der Waals surface area contributed by atoms with Crippen molar-refractivity contribution < 1.29 is 9.53 Å². The third kappa shape index (κ3) is 3.99. The van der Waals surface area contributed by atoms with Crippen molar-refractivity contribution in [1.82, 2.24) is 24.8 Å². The van der Waals surface area contributed by atoms with Gasteiger partial charge in [0.05, 0.1) is 11.1 Å². The number of nitrogens with one attached hydrogen (secondary N) is 1. The molecule has 35 heavy (non-hydrogen) atoms. The van der Waals surface area contributed by atoms with Crippen LogP contribution in [0.4, 0.5) is 5.82 Å². The summed E-state index contributed by atoms with van der Waals surface area (Å²) in [6.45, 7) is 2.27. The smallest absolute Gasteiger partial charge is 0.216 e. The fourth-order valence-corrected chi connectivity index (χ4v) is 5.30. The molecule has 1 aromatic carbocycles. The molecule has 2 aliphatic rings. The van der Waals surface area contributed by atoms with Crippen molar-refractivity contribution in [3.63, 3.8) is 0 Å². The minimum Gasteiger partial charge on any atom is -0.484 e. The lowest BCUT2D eigenvalue weighted by molar-refractivity contribution is -0.119. The topological polar surface area (TPSA) is 108 Å². The maximum absolute atomic E-state index is 11.3. The molecule has 3 N–H and O–H groups in total. The Bertz CT molecular complexity index is 1390. The second-order valence-electron chi connectivity index (χ2n) is 9.56. The number of rotatable bonds is 5. The van der Waals surface area contributed by atoms with E-state index in [1.807, 2.05) is 24.4 Å². The average Bonchev–Trinajstić information content (AvgIpc) is 3.23. The molecule has 4 heterocycles. The maximum Gasteiger partial charge on any atom is 0.216 e. The number of nitrogens with two attached hydrogens (primary N) is 1. The van der Waals surface area contributed by atoms with Crippen molar-refractivity contribution in [3.05, 3.63) is 66.4 Å². The molecule has 178 valence electrons. The van der Waals surface area contributed by atoms with Crippen LogP contribution in [0.1, 0.15) is 49.6 Å². The van der Waals surface area contributed by atoms with Gasteiger partial charge in [-0.05, 0) is 60.9 Å². The number of fused-ring (bicyclic) bond motifs is 2. The van der Waals surface area contributed by atoms with Crippen molar-refractivity contribution in [2.45, 2.75) is 44.8 Å². The van der Waals surface area contributed by atoms with Crippen LogP contribution < -0.4 is 15.8 Å². The highest BCUT2D eigenvalue weighted by molar-refractivity contribution is 6.00. The van der Waals surface area contributed by atoms with Gasteiger partial charge in [-0.3, -0.25) is 9.78 Å². The molecular formula is C27H28N6O2. The van der Waals surface area contributed by atoms with E-state index in [1.165, 1.54) is 11.9 Å². The molecule has 1 saturated carbocycles. The van der Waals surface area contributed by atoms with E-state index in [0.29, 0.717) is 24.3 Å². The molecule has 1 unspecified atom stereocenters. The zero-order valence-electron chi connectivity index (χ0n) is 19.6. The number of nitrogen functional groups attached to an aromatic ring is 1. The average molecular weight is 469 g/mol. The van der Waals surface area contributed by atoms with Gasteiger partial charge in [-0.15, -0.1) is 0 Å². The highest BCUT2D eigenvalue weighted by Crippen LogP contribution is 2.44. The van der Waals surface area contributed by atoms with Crippen LogP contribution in [0.15, 0.2) is 55.1 Å². The molecule has 0 saturated heterocycles. The number of aromatic nitrogens is 4. The van der Waals surface area contributed by atoms with E-state index in [4.69, 9.17) is 10.5 Å². The minimum absolute atomic E-state index is 0.0163. The fraction of sp³-hybridized carbons (Fsp3) is 0.333. The van der Waals surface area contributed by atoms with Crippen molar-refractivity contribution in [3.8, 4) is 16.9 Å². The predicted octanol–water partition coefficient (Wildman–Crippen LogP) is 4.23. The third-order valence-corrected chi connectivity index (χ3v) is 7.22. The molecule has 8 heteroatoms. The summed E-state index contributed by atoms with van der Waals surface area (Å²) in [6, 6.07) is 12.6. The van der Waals surface area contributed by atoms with E-state index >= 15 is 0 Å². The Morgan fingerprint density at radius 3 is 2.89 bits per heavy atom. The number of ether oxygens (including phenoxy) is 1. The van der Waals surface area contributed by atoms with Crippen LogP contribution in [0, 0.1) is 5.92 Å². The molecular weight excluding hydrogens is 440 g/mol.